The van der Waals surface area contributed by atoms with E-state index < -0.39 is 0 Å². The molecule has 0 saturated carbocycles. The zero-order valence-electron chi connectivity index (χ0n) is 27.5. The first kappa shape index (κ1) is 31.3. The van der Waals surface area contributed by atoms with Crippen molar-refractivity contribution in [2.75, 3.05) is 33.2 Å². The Morgan fingerprint density at radius 1 is 0.542 bits per heavy atom. The summed E-state index contributed by atoms with van der Waals surface area (Å²) < 4.78 is 4.95. The summed E-state index contributed by atoms with van der Waals surface area (Å²) in [4.78, 5) is 7.83. The molecule has 2 unspecified atom stereocenters. The van der Waals surface area contributed by atoms with Crippen LogP contribution in [0.1, 0.15) is 49.8 Å². The third-order valence-corrected chi connectivity index (χ3v) is 12.6. The van der Waals surface area contributed by atoms with Gasteiger partial charge in [0.25, 0.3) is 0 Å². The molecule has 2 aromatic heterocycles. The van der Waals surface area contributed by atoms with E-state index in [0.29, 0.717) is 10.5 Å². The molecule has 0 bridgehead atoms. The number of piperazine rings is 1. The SMILES string of the molecule is CN1CCN(Cc2ccc3n2Cc2ccccc2SC3c2ccccc2)CC1.c1ccc(C2Sc3ccccc3Cn3cccc32)cc1. The van der Waals surface area contributed by atoms with Crippen LogP contribution >= 0.6 is 23.5 Å². The van der Waals surface area contributed by atoms with Crippen LogP contribution < -0.4 is 0 Å². The first-order valence-corrected chi connectivity index (χ1v) is 18.8. The zero-order chi connectivity index (χ0) is 32.3. The van der Waals surface area contributed by atoms with Crippen LogP contribution in [0.3, 0.4) is 0 Å². The van der Waals surface area contributed by atoms with Gasteiger partial charge in [-0.25, -0.2) is 0 Å². The number of rotatable bonds is 4. The second kappa shape index (κ2) is 14.3. The number of benzene rings is 4. The van der Waals surface area contributed by atoms with Gasteiger partial charge in [0.05, 0.1) is 10.5 Å². The van der Waals surface area contributed by atoms with Gasteiger partial charge >= 0.3 is 0 Å². The van der Waals surface area contributed by atoms with Gasteiger partial charge in [0.2, 0.25) is 0 Å². The van der Waals surface area contributed by atoms with E-state index in [9.17, 15) is 0 Å². The molecule has 3 aliphatic rings. The van der Waals surface area contributed by atoms with Gasteiger partial charge in [-0.3, -0.25) is 4.90 Å². The minimum atomic E-state index is 0.339. The van der Waals surface area contributed by atoms with Crippen LogP contribution in [-0.2, 0) is 19.6 Å². The minimum Gasteiger partial charge on any atom is -0.346 e. The minimum absolute atomic E-state index is 0.339. The summed E-state index contributed by atoms with van der Waals surface area (Å²) in [6, 6.07) is 48.5. The van der Waals surface area contributed by atoms with Crippen molar-refractivity contribution in [2.45, 2.75) is 39.9 Å². The maximum absolute atomic E-state index is 2.60. The summed E-state index contributed by atoms with van der Waals surface area (Å²) in [6.07, 6.45) is 2.19. The van der Waals surface area contributed by atoms with Crippen molar-refractivity contribution in [1.82, 2.24) is 18.9 Å². The van der Waals surface area contributed by atoms with E-state index in [0.717, 1.165) is 32.7 Å². The molecule has 1 saturated heterocycles. The summed E-state index contributed by atoms with van der Waals surface area (Å²) in [5, 5.41) is 0.709. The van der Waals surface area contributed by atoms with Crippen molar-refractivity contribution in [3.63, 3.8) is 0 Å². The Hall–Kier alpha value is -3.94. The van der Waals surface area contributed by atoms with Crippen molar-refractivity contribution in [2.24, 2.45) is 0 Å². The van der Waals surface area contributed by atoms with Gasteiger partial charge in [-0.1, -0.05) is 97.1 Å². The van der Waals surface area contributed by atoms with E-state index in [-0.39, 0.29) is 0 Å². The summed E-state index contributed by atoms with van der Waals surface area (Å²) in [5.41, 5.74) is 9.85. The molecule has 4 nitrogen and oxygen atoms in total. The lowest BCUT2D eigenvalue weighted by molar-refractivity contribution is 0.145. The van der Waals surface area contributed by atoms with Gasteiger partial charge in [-0.15, -0.1) is 23.5 Å². The largest absolute Gasteiger partial charge is 0.346 e. The molecule has 0 amide bonds. The fourth-order valence-electron chi connectivity index (χ4n) is 7.09. The number of thioether (sulfide) groups is 2. The number of nitrogens with zero attached hydrogens (tertiary/aromatic N) is 4. The average molecular weight is 667 g/mol. The summed E-state index contributed by atoms with van der Waals surface area (Å²) in [6.45, 7) is 7.63. The van der Waals surface area contributed by atoms with Crippen LogP contribution in [0.2, 0.25) is 0 Å². The molecule has 2 atom stereocenters. The number of fused-ring (bicyclic) bond motifs is 4. The molecule has 0 N–H and O–H groups in total. The van der Waals surface area contributed by atoms with Gasteiger partial charge in [0, 0.05) is 78.9 Å². The molecule has 242 valence electrons. The summed E-state index contributed by atoms with van der Waals surface area (Å²) >= 11 is 3.95. The topological polar surface area (TPSA) is 16.3 Å². The Balaban J connectivity index is 0.000000148. The van der Waals surface area contributed by atoms with Gasteiger partial charge < -0.3 is 14.0 Å². The number of aromatic nitrogens is 2. The summed E-state index contributed by atoms with van der Waals surface area (Å²) in [7, 11) is 2.22. The van der Waals surface area contributed by atoms with Gasteiger partial charge in [-0.05, 0) is 65.7 Å². The normalized spacial score (nSPS) is 19.0. The molecular weight excluding hydrogens is 625 g/mol. The van der Waals surface area contributed by atoms with Crippen LogP contribution in [0.4, 0.5) is 0 Å². The number of hydrogen-bond donors (Lipinski definition) is 0. The average Bonchev–Trinajstić information content (AvgIpc) is 3.67. The zero-order valence-corrected chi connectivity index (χ0v) is 29.1. The third-order valence-electron chi connectivity index (χ3n) is 9.80. The van der Waals surface area contributed by atoms with E-state index in [1.807, 2.05) is 23.5 Å². The molecule has 1 fully saturated rings. The van der Waals surface area contributed by atoms with Gasteiger partial charge in [0.15, 0.2) is 0 Å². The van der Waals surface area contributed by atoms with E-state index in [4.69, 9.17) is 0 Å². The highest BCUT2D eigenvalue weighted by Gasteiger charge is 2.27. The maximum Gasteiger partial charge on any atom is 0.0746 e. The fourth-order valence-corrected chi connectivity index (χ4v) is 9.73. The molecule has 5 heterocycles. The van der Waals surface area contributed by atoms with E-state index in [2.05, 4.69) is 166 Å². The predicted octanol–water partition coefficient (Wildman–Crippen LogP) is 9.21. The van der Waals surface area contributed by atoms with Gasteiger partial charge in [-0.2, -0.15) is 0 Å². The lowest BCUT2D eigenvalue weighted by Gasteiger charge is -2.32. The van der Waals surface area contributed by atoms with E-state index in [1.165, 1.54) is 62.2 Å². The van der Waals surface area contributed by atoms with E-state index >= 15 is 0 Å². The molecule has 3 aliphatic heterocycles. The van der Waals surface area contributed by atoms with Crippen LogP contribution in [0.25, 0.3) is 0 Å². The first-order chi connectivity index (χ1) is 23.7. The van der Waals surface area contributed by atoms with Crippen LogP contribution in [0.15, 0.2) is 149 Å². The highest BCUT2D eigenvalue weighted by atomic mass is 32.2. The standard InChI is InChI=1S/C24H27N3S.C18H15NS/c1-25-13-15-26(16-14-25)18-21-11-12-22-24(19-7-3-2-4-8-19)28-23-10-6-5-9-20(23)17-27(21)22;1-2-7-14(8-3-1)18-16-10-6-12-19(16)13-15-9-4-5-11-17(15)20-18/h2-12,24H,13-18H2,1H3;1-12,18H,13H2. The quantitative estimate of drug-likeness (QED) is 0.186. The molecule has 0 spiro atoms. The van der Waals surface area contributed by atoms with Crippen molar-refractivity contribution in [3.8, 4) is 0 Å². The number of likely N-dealkylation sites (N-methyl/N-ethyl adjacent to an activating group) is 1. The highest BCUT2D eigenvalue weighted by Crippen LogP contribution is 2.46. The van der Waals surface area contributed by atoms with Crippen molar-refractivity contribution >= 4 is 23.5 Å². The highest BCUT2D eigenvalue weighted by molar-refractivity contribution is 8.00. The summed E-state index contributed by atoms with van der Waals surface area (Å²) in [5.74, 6) is 0. The van der Waals surface area contributed by atoms with Gasteiger partial charge in [0.1, 0.15) is 0 Å². The smallest absolute Gasteiger partial charge is 0.0746 e. The lowest BCUT2D eigenvalue weighted by atomic mass is 10.1. The monoisotopic (exact) mass is 666 g/mol. The Labute approximate surface area is 293 Å². The molecule has 0 aliphatic carbocycles. The molecule has 6 aromatic rings. The predicted molar refractivity (Wildman–Crippen MR) is 201 cm³/mol. The molecular formula is C42H42N4S2. The Bertz CT molecular complexity index is 1960. The van der Waals surface area contributed by atoms with Crippen LogP contribution in [-0.4, -0.2) is 52.2 Å². The second-order valence-corrected chi connectivity index (χ2v) is 15.3. The third kappa shape index (κ3) is 6.68. The van der Waals surface area contributed by atoms with Crippen molar-refractivity contribution < 1.29 is 0 Å². The molecule has 4 aromatic carbocycles. The Kier molecular flexibility index (Phi) is 9.32. The molecule has 0 radical (unpaired) electrons. The number of hydrogen-bond acceptors (Lipinski definition) is 4. The lowest BCUT2D eigenvalue weighted by Crippen LogP contribution is -2.44. The fraction of sp³-hybridized carbons (Fsp3) is 0.238. The van der Waals surface area contributed by atoms with Crippen LogP contribution in [0, 0.1) is 0 Å². The Morgan fingerprint density at radius 3 is 1.75 bits per heavy atom. The molecule has 9 rings (SSSR count). The molecule has 6 heteroatoms. The van der Waals surface area contributed by atoms with Crippen LogP contribution in [0.5, 0.6) is 0 Å². The van der Waals surface area contributed by atoms with Crippen molar-refractivity contribution in [1.29, 1.82) is 0 Å². The van der Waals surface area contributed by atoms with E-state index in [1.54, 1.807) is 0 Å². The maximum atomic E-state index is 2.60. The molecule has 48 heavy (non-hydrogen) atoms. The first-order valence-electron chi connectivity index (χ1n) is 17.0. The second-order valence-electron chi connectivity index (χ2n) is 13.0. The van der Waals surface area contributed by atoms with Crippen molar-refractivity contribution in [3.05, 3.63) is 179 Å². The Morgan fingerprint density at radius 2 is 1.10 bits per heavy atom.